The molecule has 0 aliphatic heterocycles. The van der Waals surface area contributed by atoms with Gasteiger partial charge in [0.05, 0.1) is 6.61 Å². The zero-order valence-corrected chi connectivity index (χ0v) is 11.7. The van der Waals surface area contributed by atoms with Crippen LogP contribution in [0.2, 0.25) is 0 Å². The van der Waals surface area contributed by atoms with Crippen molar-refractivity contribution in [3.8, 4) is 5.75 Å². The average molecular weight is 277 g/mol. The zero-order valence-electron chi connectivity index (χ0n) is 10.9. The number of aromatic nitrogens is 1. The van der Waals surface area contributed by atoms with E-state index in [0.717, 1.165) is 15.6 Å². The Morgan fingerprint density at radius 1 is 1.32 bits per heavy atom. The molecule has 0 saturated heterocycles. The van der Waals surface area contributed by atoms with Crippen LogP contribution in [0.25, 0.3) is 0 Å². The molecule has 0 aliphatic carbocycles. The number of para-hydroxylation sites is 1. The number of nitrogens with zero attached hydrogens (tertiary/aromatic N) is 1. The summed E-state index contributed by atoms with van der Waals surface area (Å²) in [6.07, 6.45) is 0. The van der Waals surface area contributed by atoms with Crippen molar-refractivity contribution in [2.75, 3.05) is 6.61 Å². The first-order valence-electron chi connectivity index (χ1n) is 6.02. The predicted molar refractivity (Wildman–Crippen MR) is 73.6 cm³/mol. The maximum atomic E-state index is 11.6. The van der Waals surface area contributed by atoms with Gasteiger partial charge in [0, 0.05) is 4.88 Å². The standard InChI is InChI=1S/C14H15NO3S/c1-3-17-14(16)13-10(2)19-12(15-13)9-18-11-7-5-4-6-8-11/h4-8H,3,9H2,1-2H3. The lowest BCUT2D eigenvalue weighted by atomic mass is 10.3. The lowest BCUT2D eigenvalue weighted by molar-refractivity contribution is 0.0519. The van der Waals surface area contributed by atoms with Crippen molar-refractivity contribution in [1.29, 1.82) is 0 Å². The molecule has 5 heteroatoms. The average Bonchev–Trinajstić information content (AvgIpc) is 2.79. The van der Waals surface area contributed by atoms with Crippen molar-refractivity contribution in [2.45, 2.75) is 20.5 Å². The van der Waals surface area contributed by atoms with E-state index in [2.05, 4.69) is 4.98 Å². The SMILES string of the molecule is CCOC(=O)c1nc(COc2ccccc2)sc1C. The first-order chi connectivity index (χ1) is 9.20. The van der Waals surface area contributed by atoms with Gasteiger partial charge in [0.25, 0.3) is 0 Å². The van der Waals surface area contributed by atoms with Crippen molar-refractivity contribution in [2.24, 2.45) is 0 Å². The highest BCUT2D eigenvalue weighted by molar-refractivity contribution is 7.11. The number of hydrogen-bond donors (Lipinski definition) is 0. The summed E-state index contributed by atoms with van der Waals surface area (Å²) in [6, 6.07) is 9.51. The second-order valence-corrected chi connectivity index (χ2v) is 5.12. The quantitative estimate of drug-likeness (QED) is 0.787. The van der Waals surface area contributed by atoms with Gasteiger partial charge in [0.1, 0.15) is 17.4 Å². The molecule has 1 heterocycles. The fourth-order valence-electron chi connectivity index (χ4n) is 1.56. The number of benzene rings is 1. The van der Waals surface area contributed by atoms with Crippen molar-refractivity contribution in [3.63, 3.8) is 0 Å². The first kappa shape index (κ1) is 13.5. The van der Waals surface area contributed by atoms with Crippen LogP contribution >= 0.6 is 11.3 Å². The minimum Gasteiger partial charge on any atom is -0.486 e. The molecule has 0 saturated carbocycles. The molecule has 1 aromatic carbocycles. The zero-order chi connectivity index (χ0) is 13.7. The van der Waals surface area contributed by atoms with Gasteiger partial charge in [-0.25, -0.2) is 9.78 Å². The van der Waals surface area contributed by atoms with E-state index in [1.807, 2.05) is 37.3 Å². The number of aryl methyl sites for hydroxylation is 1. The number of esters is 1. The van der Waals surface area contributed by atoms with Crippen LogP contribution in [0.3, 0.4) is 0 Å². The Labute approximate surface area is 116 Å². The molecule has 4 nitrogen and oxygen atoms in total. The van der Waals surface area contributed by atoms with E-state index in [4.69, 9.17) is 9.47 Å². The second kappa shape index (κ2) is 6.33. The lowest BCUT2D eigenvalue weighted by Gasteiger charge is -2.02. The Bertz CT molecular complexity index is 551. The number of hydrogen-bond acceptors (Lipinski definition) is 5. The molecule has 2 rings (SSSR count). The van der Waals surface area contributed by atoms with Gasteiger partial charge in [-0.3, -0.25) is 0 Å². The van der Waals surface area contributed by atoms with Crippen LogP contribution in [-0.2, 0) is 11.3 Å². The van der Waals surface area contributed by atoms with Gasteiger partial charge in [-0.1, -0.05) is 18.2 Å². The summed E-state index contributed by atoms with van der Waals surface area (Å²) in [4.78, 5) is 16.7. The van der Waals surface area contributed by atoms with Crippen molar-refractivity contribution in [1.82, 2.24) is 4.98 Å². The van der Waals surface area contributed by atoms with Gasteiger partial charge in [0.2, 0.25) is 0 Å². The molecule has 0 radical (unpaired) electrons. The molecular formula is C14H15NO3S. The van der Waals surface area contributed by atoms with Gasteiger partial charge in [0.15, 0.2) is 5.69 Å². The van der Waals surface area contributed by atoms with E-state index < -0.39 is 0 Å². The summed E-state index contributed by atoms with van der Waals surface area (Å²) in [5.41, 5.74) is 0.388. The maximum Gasteiger partial charge on any atom is 0.358 e. The van der Waals surface area contributed by atoms with E-state index in [0.29, 0.717) is 18.9 Å². The van der Waals surface area contributed by atoms with Crippen LogP contribution in [0.15, 0.2) is 30.3 Å². The Morgan fingerprint density at radius 3 is 2.74 bits per heavy atom. The molecule has 0 fully saturated rings. The highest BCUT2D eigenvalue weighted by Gasteiger charge is 2.16. The van der Waals surface area contributed by atoms with Crippen molar-refractivity contribution < 1.29 is 14.3 Å². The number of carbonyl (C=O) groups excluding carboxylic acids is 1. The van der Waals surface area contributed by atoms with Gasteiger partial charge in [-0.2, -0.15) is 0 Å². The first-order valence-corrected chi connectivity index (χ1v) is 6.83. The molecule has 0 unspecified atom stereocenters. The Kier molecular flexibility index (Phi) is 4.52. The minimum absolute atomic E-state index is 0.353. The summed E-state index contributed by atoms with van der Waals surface area (Å²) in [5, 5.41) is 0.768. The van der Waals surface area contributed by atoms with Crippen LogP contribution in [0, 0.1) is 6.92 Å². The normalized spacial score (nSPS) is 10.2. The van der Waals surface area contributed by atoms with E-state index in [1.54, 1.807) is 6.92 Å². The molecule has 19 heavy (non-hydrogen) atoms. The molecule has 2 aromatic rings. The Hall–Kier alpha value is -1.88. The summed E-state index contributed by atoms with van der Waals surface area (Å²) in [7, 11) is 0. The molecule has 100 valence electrons. The number of ether oxygens (including phenoxy) is 2. The van der Waals surface area contributed by atoms with Crippen LogP contribution in [0.4, 0.5) is 0 Å². The van der Waals surface area contributed by atoms with Crippen molar-refractivity contribution >= 4 is 17.3 Å². The van der Waals surface area contributed by atoms with E-state index in [-0.39, 0.29) is 5.97 Å². The third-order valence-corrected chi connectivity index (χ3v) is 3.36. The summed E-state index contributed by atoms with van der Waals surface area (Å²) in [5.74, 6) is 0.412. The number of thiazole rings is 1. The lowest BCUT2D eigenvalue weighted by Crippen LogP contribution is -2.07. The largest absolute Gasteiger partial charge is 0.486 e. The van der Waals surface area contributed by atoms with Gasteiger partial charge >= 0.3 is 5.97 Å². The van der Waals surface area contributed by atoms with Gasteiger partial charge in [-0.15, -0.1) is 11.3 Å². The molecule has 0 N–H and O–H groups in total. The smallest absolute Gasteiger partial charge is 0.358 e. The van der Waals surface area contributed by atoms with Crippen LogP contribution < -0.4 is 4.74 Å². The monoisotopic (exact) mass is 277 g/mol. The fourth-order valence-corrected chi connectivity index (χ4v) is 2.40. The number of carbonyl (C=O) groups is 1. The van der Waals surface area contributed by atoms with Crippen LogP contribution in [0.5, 0.6) is 5.75 Å². The molecule has 0 bridgehead atoms. The molecule has 0 spiro atoms. The van der Waals surface area contributed by atoms with E-state index in [1.165, 1.54) is 11.3 Å². The molecule has 0 amide bonds. The topological polar surface area (TPSA) is 48.4 Å². The van der Waals surface area contributed by atoms with Gasteiger partial charge in [-0.05, 0) is 26.0 Å². The predicted octanol–water partition coefficient (Wildman–Crippen LogP) is 3.21. The molecular weight excluding hydrogens is 262 g/mol. The molecule has 0 aliphatic rings. The third-order valence-electron chi connectivity index (χ3n) is 2.42. The minimum atomic E-state index is -0.373. The Balaban J connectivity index is 2.02. The third kappa shape index (κ3) is 3.54. The summed E-state index contributed by atoms with van der Waals surface area (Å²) < 4.78 is 10.5. The van der Waals surface area contributed by atoms with Crippen LogP contribution in [0.1, 0.15) is 27.3 Å². The van der Waals surface area contributed by atoms with Crippen LogP contribution in [-0.4, -0.2) is 17.6 Å². The molecule has 1 aromatic heterocycles. The maximum absolute atomic E-state index is 11.6. The van der Waals surface area contributed by atoms with Gasteiger partial charge < -0.3 is 9.47 Å². The van der Waals surface area contributed by atoms with Crippen molar-refractivity contribution in [3.05, 3.63) is 45.9 Å². The summed E-state index contributed by atoms with van der Waals surface area (Å²) in [6.45, 7) is 4.34. The molecule has 0 atom stereocenters. The Morgan fingerprint density at radius 2 is 2.05 bits per heavy atom. The highest BCUT2D eigenvalue weighted by Crippen LogP contribution is 2.20. The van der Waals surface area contributed by atoms with E-state index >= 15 is 0 Å². The second-order valence-electron chi connectivity index (χ2n) is 3.83. The number of rotatable bonds is 5. The summed E-state index contributed by atoms with van der Waals surface area (Å²) >= 11 is 1.45. The van der Waals surface area contributed by atoms with E-state index in [9.17, 15) is 4.79 Å². The highest BCUT2D eigenvalue weighted by atomic mass is 32.1. The fraction of sp³-hybridized carbons (Fsp3) is 0.286.